The third kappa shape index (κ3) is 4.54. The van der Waals surface area contributed by atoms with Gasteiger partial charge >= 0.3 is 0 Å². The summed E-state index contributed by atoms with van der Waals surface area (Å²) < 4.78 is 27.0. The number of imide groups is 1. The maximum atomic E-state index is 12.8. The van der Waals surface area contributed by atoms with E-state index in [9.17, 15) is 27.6 Å². The molecule has 1 aromatic carbocycles. The van der Waals surface area contributed by atoms with E-state index in [1.54, 1.807) is 11.0 Å². The predicted molar refractivity (Wildman–Crippen MR) is 102 cm³/mol. The van der Waals surface area contributed by atoms with Crippen LogP contribution in [0.5, 0.6) is 0 Å². The molecular weight excluding hydrogens is 398 g/mol. The molecule has 3 rings (SSSR count). The first-order valence-corrected chi connectivity index (χ1v) is 10.9. The summed E-state index contributed by atoms with van der Waals surface area (Å²) >= 11 is 0. The van der Waals surface area contributed by atoms with Crippen LogP contribution in [-0.2, 0) is 24.4 Å². The highest BCUT2D eigenvalue weighted by Gasteiger charge is 2.32. The number of piperazine rings is 1. The van der Waals surface area contributed by atoms with E-state index in [1.165, 1.54) is 29.4 Å². The van der Waals surface area contributed by atoms with Crippen LogP contribution in [0.4, 0.5) is 0 Å². The number of hydrogen-bond donors (Lipinski definition) is 0. The Labute approximate surface area is 169 Å². The van der Waals surface area contributed by atoms with Crippen molar-refractivity contribution >= 4 is 33.5 Å². The van der Waals surface area contributed by atoms with Gasteiger partial charge in [-0.3, -0.25) is 24.1 Å². The molecule has 0 bridgehead atoms. The topological polar surface area (TPSA) is 112 Å². The van der Waals surface area contributed by atoms with Crippen molar-refractivity contribution < 1.29 is 27.6 Å². The zero-order valence-corrected chi connectivity index (χ0v) is 17.0. The minimum atomic E-state index is -3.76. The molecule has 9 nitrogen and oxygen atoms in total. The second kappa shape index (κ2) is 8.42. The molecule has 0 aromatic heterocycles. The third-order valence-corrected chi connectivity index (χ3v) is 7.07. The zero-order chi connectivity index (χ0) is 21.2. The Morgan fingerprint density at radius 3 is 2.21 bits per heavy atom. The van der Waals surface area contributed by atoms with E-state index in [0.717, 1.165) is 4.90 Å². The standard InChI is InChI=1S/C19H23N3O6S/c1-14(23)15-3-2-4-16(13-15)29(27,28)21-11-9-20(10-12-21)17(24)7-8-22-18(25)5-6-19(22)26/h2-4,13H,5-12H2,1H3. The molecular formula is C19H23N3O6S. The van der Waals surface area contributed by atoms with Gasteiger partial charge in [-0.25, -0.2) is 8.42 Å². The zero-order valence-electron chi connectivity index (χ0n) is 16.2. The lowest BCUT2D eigenvalue weighted by Crippen LogP contribution is -2.51. The first kappa shape index (κ1) is 21.1. The minimum Gasteiger partial charge on any atom is -0.340 e. The van der Waals surface area contributed by atoms with Crippen LogP contribution in [0.3, 0.4) is 0 Å². The third-order valence-electron chi connectivity index (χ3n) is 5.17. The monoisotopic (exact) mass is 421 g/mol. The highest BCUT2D eigenvalue weighted by atomic mass is 32.2. The Bertz CT molecular complexity index is 934. The molecule has 0 radical (unpaired) electrons. The van der Waals surface area contributed by atoms with Gasteiger partial charge in [-0.05, 0) is 19.1 Å². The van der Waals surface area contributed by atoms with Gasteiger partial charge in [0, 0.05) is 57.5 Å². The summed E-state index contributed by atoms with van der Waals surface area (Å²) in [5, 5.41) is 0. The number of carbonyl (C=O) groups is 4. The number of hydrogen-bond acceptors (Lipinski definition) is 6. The second-order valence-electron chi connectivity index (χ2n) is 7.06. The van der Waals surface area contributed by atoms with E-state index in [0.29, 0.717) is 5.56 Å². The van der Waals surface area contributed by atoms with Crippen molar-refractivity contribution in [3.8, 4) is 0 Å². The number of sulfonamides is 1. The summed E-state index contributed by atoms with van der Waals surface area (Å²) in [6, 6.07) is 5.90. The van der Waals surface area contributed by atoms with Crippen LogP contribution in [-0.4, -0.2) is 78.8 Å². The van der Waals surface area contributed by atoms with Gasteiger partial charge < -0.3 is 4.90 Å². The summed E-state index contributed by atoms with van der Waals surface area (Å²) in [5.74, 6) is -0.946. The molecule has 0 aliphatic carbocycles. The summed E-state index contributed by atoms with van der Waals surface area (Å²) in [4.78, 5) is 49.8. The number of likely N-dealkylation sites (tertiary alicyclic amines) is 1. The van der Waals surface area contributed by atoms with Crippen molar-refractivity contribution in [3.05, 3.63) is 29.8 Å². The molecule has 156 valence electrons. The number of carbonyl (C=O) groups excluding carboxylic acids is 4. The summed E-state index contributed by atoms with van der Waals surface area (Å²) in [6.45, 7) is 2.17. The van der Waals surface area contributed by atoms with E-state index >= 15 is 0 Å². The Kier molecular flexibility index (Phi) is 6.13. The number of rotatable bonds is 6. The molecule has 0 N–H and O–H groups in total. The summed E-state index contributed by atoms with van der Waals surface area (Å²) in [6.07, 6.45) is 0.410. The van der Waals surface area contributed by atoms with Crippen molar-refractivity contribution in [3.63, 3.8) is 0 Å². The van der Waals surface area contributed by atoms with Crippen molar-refractivity contribution in [1.29, 1.82) is 0 Å². The van der Waals surface area contributed by atoms with Gasteiger partial charge in [-0.2, -0.15) is 4.31 Å². The molecule has 0 saturated carbocycles. The molecule has 2 fully saturated rings. The lowest BCUT2D eigenvalue weighted by Gasteiger charge is -2.34. The lowest BCUT2D eigenvalue weighted by molar-refractivity contribution is -0.139. The SMILES string of the molecule is CC(=O)c1cccc(S(=O)(=O)N2CCN(C(=O)CCN3C(=O)CCC3=O)CC2)c1. The van der Waals surface area contributed by atoms with Gasteiger partial charge in [0.25, 0.3) is 0 Å². The van der Waals surface area contributed by atoms with E-state index in [4.69, 9.17) is 0 Å². The van der Waals surface area contributed by atoms with E-state index in [2.05, 4.69) is 0 Å². The molecule has 2 heterocycles. The van der Waals surface area contributed by atoms with Crippen molar-refractivity contribution in [2.45, 2.75) is 31.1 Å². The first-order chi connectivity index (χ1) is 13.7. The molecule has 2 aliphatic rings. The van der Waals surface area contributed by atoms with Gasteiger partial charge in [0.05, 0.1) is 4.90 Å². The van der Waals surface area contributed by atoms with Crippen LogP contribution in [0.1, 0.15) is 36.5 Å². The second-order valence-corrected chi connectivity index (χ2v) is 9.00. The number of ketones is 1. The molecule has 29 heavy (non-hydrogen) atoms. The Balaban J connectivity index is 1.57. The molecule has 0 unspecified atom stereocenters. The highest BCUT2D eigenvalue weighted by molar-refractivity contribution is 7.89. The molecule has 10 heteroatoms. The Hall–Kier alpha value is -2.59. The lowest BCUT2D eigenvalue weighted by atomic mass is 10.2. The number of benzene rings is 1. The van der Waals surface area contributed by atoms with Crippen molar-refractivity contribution in [1.82, 2.24) is 14.1 Å². The van der Waals surface area contributed by atoms with Gasteiger partial charge in [-0.15, -0.1) is 0 Å². The Morgan fingerprint density at radius 1 is 1.00 bits per heavy atom. The number of Topliss-reactive ketones (excluding diaryl/α,β-unsaturated/α-hetero) is 1. The van der Waals surface area contributed by atoms with Crippen LogP contribution in [0.2, 0.25) is 0 Å². The van der Waals surface area contributed by atoms with Gasteiger partial charge in [0.15, 0.2) is 5.78 Å². The van der Waals surface area contributed by atoms with Gasteiger partial charge in [0.1, 0.15) is 0 Å². The van der Waals surface area contributed by atoms with Gasteiger partial charge in [0.2, 0.25) is 27.7 Å². The minimum absolute atomic E-state index is 0.0326. The molecule has 2 aliphatic heterocycles. The fourth-order valence-electron chi connectivity index (χ4n) is 3.44. The van der Waals surface area contributed by atoms with Crippen molar-refractivity contribution in [2.75, 3.05) is 32.7 Å². The number of amides is 3. The highest BCUT2D eigenvalue weighted by Crippen LogP contribution is 2.20. The van der Waals surface area contributed by atoms with E-state index < -0.39 is 10.0 Å². The van der Waals surface area contributed by atoms with Crippen LogP contribution in [0.25, 0.3) is 0 Å². The van der Waals surface area contributed by atoms with Crippen LogP contribution in [0, 0.1) is 0 Å². The maximum absolute atomic E-state index is 12.8. The van der Waals surface area contributed by atoms with Crippen molar-refractivity contribution in [2.24, 2.45) is 0 Å². The normalized spacial score (nSPS) is 18.4. The fourth-order valence-corrected chi connectivity index (χ4v) is 4.91. The van der Waals surface area contributed by atoms with E-state index in [-0.39, 0.29) is 80.4 Å². The fraction of sp³-hybridized carbons (Fsp3) is 0.474. The largest absolute Gasteiger partial charge is 0.340 e. The molecule has 3 amide bonds. The molecule has 2 saturated heterocycles. The summed E-state index contributed by atoms with van der Waals surface area (Å²) in [5.41, 5.74) is 0.325. The maximum Gasteiger partial charge on any atom is 0.243 e. The summed E-state index contributed by atoms with van der Waals surface area (Å²) in [7, 11) is -3.76. The van der Waals surface area contributed by atoms with Crippen LogP contribution < -0.4 is 0 Å². The molecule has 1 aromatic rings. The quantitative estimate of drug-likeness (QED) is 0.481. The smallest absolute Gasteiger partial charge is 0.243 e. The average molecular weight is 421 g/mol. The predicted octanol–water partition coefficient (Wildman–Crippen LogP) is 0.261. The van der Waals surface area contributed by atoms with Crippen LogP contribution in [0.15, 0.2) is 29.2 Å². The first-order valence-electron chi connectivity index (χ1n) is 9.42. The van der Waals surface area contributed by atoms with Gasteiger partial charge in [-0.1, -0.05) is 12.1 Å². The molecule has 0 spiro atoms. The molecule has 0 atom stereocenters. The van der Waals surface area contributed by atoms with E-state index in [1.807, 2.05) is 0 Å². The number of nitrogens with zero attached hydrogens (tertiary/aromatic N) is 3. The average Bonchev–Trinajstić information content (AvgIpc) is 3.03. The van der Waals surface area contributed by atoms with Crippen LogP contribution >= 0.6 is 0 Å². The Morgan fingerprint density at radius 2 is 1.62 bits per heavy atom.